The average Bonchev–Trinajstić information content (AvgIpc) is 2.10. The number of piperidine rings is 1. The fraction of sp³-hybridized carbons (Fsp3) is 1.00. The first kappa shape index (κ1) is 10.9. The van der Waals surface area contributed by atoms with E-state index in [0.717, 1.165) is 0 Å². The summed E-state index contributed by atoms with van der Waals surface area (Å²) in [7, 11) is 3.17. The van der Waals surface area contributed by atoms with E-state index in [1.54, 1.807) is 14.2 Å². The Hall–Kier alpha value is -0.120. The van der Waals surface area contributed by atoms with E-state index in [-0.39, 0.29) is 0 Å². The maximum atomic E-state index is 4.47. The van der Waals surface area contributed by atoms with Gasteiger partial charge in [-0.3, -0.25) is 0 Å². The Labute approximate surface area is 69.1 Å². The second-order valence-corrected chi connectivity index (χ2v) is 2.51. The largest absolute Gasteiger partial charge is 0.359 e. The van der Waals surface area contributed by atoms with Gasteiger partial charge in [-0.15, -0.1) is 0 Å². The summed E-state index contributed by atoms with van der Waals surface area (Å²) in [5.74, 6) is 0. The highest BCUT2D eigenvalue weighted by atomic mass is 16.6. The highest BCUT2D eigenvalue weighted by molar-refractivity contribution is 4.55. The van der Waals surface area contributed by atoms with Crippen LogP contribution in [0.4, 0.5) is 0 Å². The van der Waals surface area contributed by atoms with Crippen LogP contribution in [-0.4, -0.2) is 34.1 Å². The first-order valence-corrected chi connectivity index (χ1v) is 4.10. The molecule has 0 aliphatic carbocycles. The lowest BCUT2D eigenvalue weighted by Crippen LogP contribution is -2.21. The molecule has 3 nitrogen and oxygen atoms in total. The van der Waals surface area contributed by atoms with Crippen LogP contribution in [0, 0.1) is 0 Å². The van der Waals surface area contributed by atoms with E-state index in [9.17, 15) is 0 Å². The molecule has 1 rings (SSSR count). The van der Waals surface area contributed by atoms with Gasteiger partial charge < -0.3 is 14.8 Å². The summed E-state index contributed by atoms with van der Waals surface area (Å²) in [6.45, 7) is 2.89. The quantitative estimate of drug-likeness (QED) is 0.613. The summed E-state index contributed by atoms with van der Waals surface area (Å²) < 4.78 is 8.94. The van der Waals surface area contributed by atoms with Crippen LogP contribution in [-0.2, 0) is 9.47 Å². The van der Waals surface area contributed by atoms with Crippen LogP contribution in [0.5, 0.6) is 0 Å². The molecular weight excluding hydrogens is 142 g/mol. The van der Waals surface area contributed by atoms with E-state index in [1.807, 2.05) is 0 Å². The Bertz CT molecular complexity index is 51.6. The monoisotopic (exact) mass is 161 g/mol. The minimum Gasteiger partial charge on any atom is -0.359 e. The van der Waals surface area contributed by atoms with Gasteiger partial charge in [-0.1, -0.05) is 6.42 Å². The van der Waals surface area contributed by atoms with E-state index >= 15 is 0 Å². The third-order valence-corrected chi connectivity index (χ3v) is 1.44. The Balaban J connectivity index is 0.000000187. The van der Waals surface area contributed by atoms with Crippen molar-refractivity contribution in [3.8, 4) is 0 Å². The third-order valence-electron chi connectivity index (χ3n) is 1.44. The highest BCUT2D eigenvalue weighted by Gasteiger charge is 1.93. The number of ether oxygens (including phenoxy) is 2. The van der Waals surface area contributed by atoms with Crippen LogP contribution >= 0.6 is 0 Å². The Kier molecular flexibility index (Phi) is 9.77. The molecule has 0 spiro atoms. The Morgan fingerprint density at radius 2 is 1.55 bits per heavy atom. The van der Waals surface area contributed by atoms with Crippen LogP contribution in [0.25, 0.3) is 0 Å². The summed E-state index contributed by atoms with van der Waals surface area (Å²) in [5, 5.41) is 3.28. The van der Waals surface area contributed by atoms with Crippen molar-refractivity contribution in [1.82, 2.24) is 5.32 Å². The van der Waals surface area contributed by atoms with Crippen molar-refractivity contribution in [2.75, 3.05) is 34.1 Å². The molecule has 1 aliphatic rings. The van der Waals surface area contributed by atoms with Crippen LogP contribution in [0.15, 0.2) is 0 Å². The van der Waals surface area contributed by atoms with Crippen LogP contribution in [0.3, 0.4) is 0 Å². The number of rotatable bonds is 2. The zero-order valence-corrected chi connectivity index (χ0v) is 7.56. The van der Waals surface area contributed by atoms with Gasteiger partial charge in [0.15, 0.2) is 0 Å². The zero-order valence-electron chi connectivity index (χ0n) is 7.56. The minimum absolute atomic E-state index is 0.389. The molecule has 0 aromatic heterocycles. The molecule has 0 aromatic carbocycles. The second-order valence-electron chi connectivity index (χ2n) is 2.51. The molecule has 0 saturated carbocycles. The molecule has 1 fully saturated rings. The van der Waals surface area contributed by atoms with E-state index in [2.05, 4.69) is 14.8 Å². The molecule has 1 N–H and O–H groups in total. The predicted molar refractivity (Wildman–Crippen MR) is 45.6 cm³/mol. The molecule has 0 unspecified atom stereocenters. The topological polar surface area (TPSA) is 30.5 Å². The summed E-state index contributed by atoms with van der Waals surface area (Å²) in [6.07, 6.45) is 4.22. The van der Waals surface area contributed by atoms with Crippen LogP contribution in [0.1, 0.15) is 19.3 Å². The van der Waals surface area contributed by atoms with Crippen molar-refractivity contribution in [2.45, 2.75) is 19.3 Å². The minimum atomic E-state index is 0.389. The first-order chi connectivity index (χ1) is 5.41. The van der Waals surface area contributed by atoms with Gasteiger partial charge in [-0.25, -0.2) is 0 Å². The summed E-state index contributed by atoms with van der Waals surface area (Å²) >= 11 is 0. The summed E-state index contributed by atoms with van der Waals surface area (Å²) in [5.41, 5.74) is 0. The van der Waals surface area contributed by atoms with Gasteiger partial charge in [0.05, 0.1) is 0 Å². The number of methoxy groups -OCH3 is 2. The molecule has 3 heteroatoms. The van der Waals surface area contributed by atoms with Gasteiger partial charge in [0.1, 0.15) is 6.79 Å². The Morgan fingerprint density at radius 1 is 1.00 bits per heavy atom. The lowest BCUT2D eigenvalue weighted by atomic mass is 10.2. The average molecular weight is 161 g/mol. The standard InChI is InChI=1S/C5H11N.C3H8O2/c1-2-4-6-5-3-1;1-4-3-5-2/h6H,1-5H2;3H2,1-2H3. The fourth-order valence-electron chi connectivity index (χ4n) is 0.920. The molecular formula is C8H19NO2. The van der Waals surface area contributed by atoms with Crippen molar-refractivity contribution in [3.63, 3.8) is 0 Å². The predicted octanol–water partition coefficient (Wildman–Crippen LogP) is 0.997. The van der Waals surface area contributed by atoms with Crippen molar-refractivity contribution < 1.29 is 9.47 Å². The van der Waals surface area contributed by atoms with Crippen molar-refractivity contribution in [3.05, 3.63) is 0 Å². The number of hydrogen-bond donors (Lipinski definition) is 1. The molecule has 0 amide bonds. The summed E-state index contributed by atoms with van der Waals surface area (Å²) in [4.78, 5) is 0. The molecule has 1 aliphatic heterocycles. The molecule has 0 radical (unpaired) electrons. The van der Waals surface area contributed by atoms with Crippen LogP contribution < -0.4 is 5.32 Å². The molecule has 1 heterocycles. The van der Waals surface area contributed by atoms with E-state index in [1.165, 1.54) is 32.4 Å². The van der Waals surface area contributed by atoms with E-state index in [0.29, 0.717) is 6.79 Å². The first-order valence-electron chi connectivity index (χ1n) is 4.10. The maximum absolute atomic E-state index is 4.47. The van der Waals surface area contributed by atoms with Crippen molar-refractivity contribution >= 4 is 0 Å². The fourth-order valence-corrected chi connectivity index (χ4v) is 0.920. The SMILES string of the molecule is C1CCNCC1.COCOC. The van der Waals surface area contributed by atoms with Gasteiger partial charge in [0, 0.05) is 14.2 Å². The highest BCUT2D eigenvalue weighted by Crippen LogP contribution is 1.96. The molecule has 0 bridgehead atoms. The molecule has 0 aromatic rings. The van der Waals surface area contributed by atoms with Gasteiger partial charge in [-0.05, 0) is 25.9 Å². The zero-order chi connectivity index (χ0) is 8.36. The van der Waals surface area contributed by atoms with Gasteiger partial charge in [0.2, 0.25) is 0 Å². The van der Waals surface area contributed by atoms with Gasteiger partial charge >= 0.3 is 0 Å². The molecule has 1 saturated heterocycles. The number of hydrogen-bond acceptors (Lipinski definition) is 3. The molecule has 0 atom stereocenters. The van der Waals surface area contributed by atoms with E-state index in [4.69, 9.17) is 0 Å². The molecule has 68 valence electrons. The second kappa shape index (κ2) is 9.88. The molecule has 11 heavy (non-hydrogen) atoms. The third kappa shape index (κ3) is 9.88. The normalized spacial score (nSPS) is 16.9. The van der Waals surface area contributed by atoms with Gasteiger partial charge in [0.25, 0.3) is 0 Å². The number of nitrogens with one attached hydrogen (secondary N) is 1. The van der Waals surface area contributed by atoms with Crippen molar-refractivity contribution in [2.24, 2.45) is 0 Å². The van der Waals surface area contributed by atoms with E-state index < -0.39 is 0 Å². The lowest BCUT2D eigenvalue weighted by molar-refractivity contribution is -0.00271. The Morgan fingerprint density at radius 3 is 1.64 bits per heavy atom. The van der Waals surface area contributed by atoms with Gasteiger partial charge in [-0.2, -0.15) is 0 Å². The smallest absolute Gasteiger partial charge is 0.145 e. The lowest BCUT2D eigenvalue weighted by Gasteiger charge is -2.08. The maximum Gasteiger partial charge on any atom is 0.145 e. The van der Waals surface area contributed by atoms with Crippen LogP contribution in [0.2, 0.25) is 0 Å². The van der Waals surface area contributed by atoms with Crippen molar-refractivity contribution in [1.29, 1.82) is 0 Å². The summed E-state index contributed by atoms with van der Waals surface area (Å²) in [6, 6.07) is 0.